The molecule has 3 heteroatoms. The number of para-hydroxylation sites is 1. The smallest absolute Gasteiger partial charge is 0.132 e. The largest absolute Gasteiger partial charge is 0.457 e. The molecule has 350 valence electrons. The molecule has 2 aliphatic heterocycles. The average Bonchev–Trinajstić information content (AvgIpc) is 4.06. The monoisotopic (exact) mass is 971 g/mol. The molecule has 4 aliphatic rings. The lowest BCUT2D eigenvalue weighted by molar-refractivity contribution is 0.436. The maximum Gasteiger partial charge on any atom is 0.132 e. The second-order valence-electron chi connectivity index (χ2n) is 20.2. The summed E-state index contributed by atoms with van der Waals surface area (Å²) < 4.78 is 6.99. The van der Waals surface area contributed by atoms with Gasteiger partial charge in [-0.25, -0.2) is 0 Å². The molecule has 0 saturated carbocycles. The molecule has 2 heterocycles. The first kappa shape index (κ1) is 42.4. The second kappa shape index (κ2) is 16.2. The van der Waals surface area contributed by atoms with Crippen LogP contribution in [0.1, 0.15) is 44.5 Å². The highest BCUT2D eigenvalue weighted by molar-refractivity contribution is 7.99. The zero-order chi connectivity index (χ0) is 49.2. The van der Waals surface area contributed by atoms with Crippen LogP contribution in [0.5, 0.6) is 11.5 Å². The van der Waals surface area contributed by atoms with Crippen LogP contribution in [-0.4, -0.2) is 0 Å². The molecule has 1 unspecified atom stereocenters. The fourth-order valence-corrected chi connectivity index (χ4v) is 14.7. The summed E-state index contributed by atoms with van der Waals surface area (Å²) in [5.74, 6) is 1.75. The summed E-state index contributed by atoms with van der Waals surface area (Å²) in [6.45, 7) is 0. The van der Waals surface area contributed by atoms with Gasteiger partial charge < -0.3 is 9.64 Å². The Kier molecular flexibility index (Phi) is 9.14. The number of anilines is 3. The molecule has 1 atom stereocenters. The first-order valence-corrected chi connectivity index (χ1v) is 26.7. The van der Waals surface area contributed by atoms with Crippen molar-refractivity contribution in [3.05, 3.63) is 317 Å². The summed E-state index contributed by atoms with van der Waals surface area (Å²) in [7, 11) is 0. The van der Waals surface area contributed by atoms with E-state index in [1.165, 1.54) is 92.9 Å². The van der Waals surface area contributed by atoms with Crippen molar-refractivity contribution in [1.82, 2.24) is 0 Å². The van der Waals surface area contributed by atoms with Crippen molar-refractivity contribution in [2.75, 3.05) is 4.90 Å². The number of rotatable bonds is 5. The second-order valence-corrected chi connectivity index (χ2v) is 21.3. The van der Waals surface area contributed by atoms with Crippen LogP contribution < -0.4 is 9.64 Å². The molecule has 12 aromatic rings. The van der Waals surface area contributed by atoms with Crippen molar-refractivity contribution in [3.63, 3.8) is 0 Å². The standard InChI is InChI=1S/C72H45NOS/c1-2-17-46(18-3-1)49-20-16-21-50(43-49)47-33-36-51(37-34-47)73(52-38-41-67-64(44-52)71(61-29-12-14-31-66(61)74-67)58-26-9-6-23-55(58)56-24-7-10-27-59(56)71)53-39-42-69-65(45-53)72(62-30-13-15-32-68(62)75-69)60-28-11-8-25-57(60)70-54-22-5-4-19-48(54)35-40-63(70)72/h1-45H. The quantitative estimate of drug-likeness (QED) is 0.171. The first-order chi connectivity index (χ1) is 37.2. The van der Waals surface area contributed by atoms with E-state index in [1.807, 2.05) is 11.8 Å². The third-order valence-electron chi connectivity index (χ3n) is 16.6. The minimum Gasteiger partial charge on any atom is -0.457 e. The predicted octanol–water partition coefficient (Wildman–Crippen LogP) is 18.9. The van der Waals surface area contributed by atoms with E-state index in [1.54, 1.807) is 0 Å². The van der Waals surface area contributed by atoms with Gasteiger partial charge in [0.05, 0.1) is 10.8 Å². The van der Waals surface area contributed by atoms with Gasteiger partial charge in [0.1, 0.15) is 11.5 Å². The number of ether oxygens (including phenoxy) is 1. The zero-order valence-electron chi connectivity index (χ0n) is 40.7. The topological polar surface area (TPSA) is 12.5 Å². The van der Waals surface area contributed by atoms with E-state index in [-0.39, 0.29) is 0 Å². The van der Waals surface area contributed by atoms with Crippen molar-refractivity contribution in [2.45, 2.75) is 20.6 Å². The molecule has 12 aromatic carbocycles. The van der Waals surface area contributed by atoms with Crippen LogP contribution in [-0.2, 0) is 10.8 Å². The molecule has 0 fully saturated rings. The van der Waals surface area contributed by atoms with Gasteiger partial charge in [0.15, 0.2) is 0 Å². The van der Waals surface area contributed by atoms with Gasteiger partial charge in [-0.1, -0.05) is 218 Å². The maximum atomic E-state index is 6.99. The highest BCUT2D eigenvalue weighted by atomic mass is 32.2. The number of fused-ring (bicyclic) bond motifs is 20. The maximum absolute atomic E-state index is 6.99. The van der Waals surface area contributed by atoms with Gasteiger partial charge in [-0.2, -0.15) is 0 Å². The predicted molar refractivity (Wildman–Crippen MR) is 308 cm³/mol. The van der Waals surface area contributed by atoms with Gasteiger partial charge in [-0.05, 0) is 155 Å². The van der Waals surface area contributed by atoms with Crippen molar-refractivity contribution in [3.8, 4) is 56.0 Å². The van der Waals surface area contributed by atoms with Gasteiger partial charge in [0.25, 0.3) is 0 Å². The number of hydrogen-bond donors (Lipinski definition) is 0. The Labute approximate surface area is 440 Å². The minimum atomic E-state index is -0.618. The van der Waals surface area contributed by atoms with Crippen molar-refractivity contribution >= 4 is 39.6 Å². The molecule has 0 radical (unpaired) electrons. The Morgan fingerprint density at radius 3 is 1.57 bits per heavy atom. The summed E-state index contributed by atoms with van der Waals surface area (Å²) in [5.41, 5.74) is 21.9. The van der Waals surface area contributed by atoms with Gasteiger partial charge in [-0.3, -0.25) is 0 Å². The van der Waals surface area contributed by atoms with Gasteiger partial charge in [0.2, 0.25) is 0 Å². The molecule has 0 saturated heterocycles. The summed E-state index contributed by atoms with van der Waals surface area (Å²) >= 11 is 1.88. The van der Waals surface area contributed by atoms with E-state index < -0.39 is 10.8 Å². The fraction of sp³-hybridized carbons (Fsp3) is 0.0278. The van der Waals surface area contributed by atoms with Crippen LogP contribution in [0.3, 0.4) is 0 Å². The van der Waals surface area contributed by atoms with E-state index in [0.29, 0.717) is 0 Å². The molecule has 0 amide bonds. The zero-order valence-corrected chi connectivity index (χ0v) is 41.6. The van der Waals surface area contributed by atoms with Crippen LogP contribution >= 0.6 is 11.8 Å². The number of hydrogen-bond acceptors (Lipinski definition) is 3. The van der Waals surface area contributed by atoms with E-state index in [0.717, 1.165) is 45.3 Å². The molecule has 2 spiro atoms. The van der Waals surface area contributed by atoms with Crippen LogP contribution in [0, 0.1) is 0 Å². The molecule has 0 aromatic heterocycles. The Morgan fingerprint density at radius 2 is 0.813 bits per heavy atom. The van der Waals surface area contributed by atoms with Crippen LogP contribution in [0.2, 0.25) is 0 Å². The van der Waals surface area contributed by atoms with E-state index in [4.69, 9.17) is 4.74 Å². The van der Waals surface area contributed by atoms with E-state index in [9.17, 15) is 0 Å². The first-order valence-electron chi connectivity index (χ1n) is 25.9. The summed E-state index contributed by atoms with van der Waals surface area (Å²) in [4.78, 5) is 5.03. The van der Waals surface area contributed by atoms with Crippen LogP contribution in [0.15, 0.2) is 283 Å². The highest BCUT2D eigenvalue weighted by Crippen LogP contribution is 2.65. The van der Waals surface area contributed by atoms with E-state index >= 15 is 0 Å². The van der Waals surface area contributed by atoms with Gasteiger partial charge in [-0.15, -0.1) is 0 Å². The third kappa shape index (κ3) is 5.93. The summed E-state index contributed by atoms with van der Waals surface area (Å²) in [6, 6.07) is 101. The highest BCUT2D eigenvalue weighted by Gasteiger charge is 2.53. The SMILES string of the molecule is c1ccc(-c2cccc(-c3ccc(N(c4ccc5c(c4)C4(c6ccccc6O5)c5ccccc5-c5ccccc54)c4ccc5c(c4)C4(c6ccccc6S5)c5ccccc5-c5c4ccc4ccccc54)cc3)c2)cc1. The van der Waals surface area contributed by atoms with Crippen molar-refractivity contribution in [1.29, 1.82) is 0 Å². The lowest BCUT2D eigenvalue weighted by Crippen LogP contribution is -2.32. The fourth-order valence-electron chi connectivity index (χ4n) is 13.5. The van der Waals surface area contributed by atoms with Gasteiger partial charge in [0, 0.05) is 38.0 Å². The molecule has 2 nitrogen and oxygen atoms in total. The molecule has 0 N–H and O–H groups in total. The summed E-state index contributed by atoms with van der Waals surface area (Å²) in [5, 5.41) is 2.53. The number of benzene rings is 12. The molecular formula is C72H45NOS. The molecule has 75 heavy (non-hydrogen) atoms. The Balaban J connectivity index is 0.943. The lowest BCUT2D eigenvalue weighted by atomic mass is 9.66. The molecule has 0 bridgehead atoms. The lowest BCUT2D eigenvalue weighted by Gasteiger charge is -2.41. The van der Waals surface area contributed by atoms with Gasteiger partial charge >= 0.3 is 0 Å². The molecule has 16 rings (SSSR count). The minimum absolute atomic E-state index is 0.572. The number of nitrogens with zero attached hydrogens (tertiary/aromatic N) is 1. The third-order valence-corrected chi connectivity index (χ3v) is 17.7. The Hall–Kier alpha value is -9.15. The van der Waals surface area contributed by atoms with E-state index in [2.05, 4.69) is 278 Å². The van der Waals surface area contributed by atoms with Crippen molar-refractivity contribution < 1.29 is 4.74 Å². The normalized spacial score (nSPS) is 15.4. The van der Waals surface area contributed by atoms with Crippen molar-refractivity contribution in [2.24, 2.45) is 0 Å². The average molecular weight is 972 g/mol. The molecular weight excluding hydrogens is 927 g/mol. The van der Waals surface area contributed by atoms with Crippen LogP contribution in [0.4, 0.5) is 17.1 Å². The molecule has 2 aliphatic carbocycles. The summed E-state index contributed by atoms with van der Waals surface area (Å²) in [6.07, 6.45) is 0. The Morgan fingerprint density at radius 1 is 0.293 bits per heavy atom. The van der Waals surface area contributed by atoms with Crippen LogP contribution in [0.25, 0.3) is 55.3 Å². The Bertz CT molecular complexity index is 4280.